The Kier molecular flexibility index (Phi) is 5.67. The molecule has 3 rings (SSSR count). The number of benzene rings is 1. The summed E-state index contributed by atoms with van der Waals surface area (Å²) in [7, 11) is 0.829. The number of hydrogen-bond acceptors (Lipinski definition) is 6. The van der Waals surface area contributed by atoms with Crippen LogP contribution < -0.4 is 0 Å². The molecule has 0 radical (unpaired) electrons. The third-order valence-corrected chi connectivity index (χ3v) is 7.26. The Bertz CT molecular complexity index is 975. The molecule has 1 saturated heterocycles. The molecule has 27 heavy (non-hydrogen) atoms. The lowest BCUT2D eigenvalue weighted by Crippen LogP contribution is -2.16. The zero-order chi connectivity index (χ0) is 19.6. The van der Waals surface area contributed by atoms with Crippen LogP contribution in [0.15, 0.2) is 22.7 Å². The van der Waals surface area contributed by atoms with Crippen molar-refractivity contribution in [2.24, 2.45) is 11.4 Å². The normalized spacial score (nSPS) is 16.3. The summed E-state index contributed by atoms with van der Waals surface area (Å²) in [5, 5.41) is 14.0. The molecule has 0 amide bonds. The molecule has 1 aliphatic heterocycles. The number of rotatable bonds is 5. The smallest absolute Gasteiger partial charge is 0.220 e. The van der Waals surface area contributed by atoms with Gasteiger partial charge in [-0.05, 0) is 25.3 Å². The first-order valence-electron chi connectivity index (χ1n) is 8.96. The minimum absolute atomic E-state index is 0.132. The molecular formula is C19H25N3O4S. The van der Waals surface area contributed by atoms with E-state index >= 15 is 0 Å². The average molecular weight is 391 g/mol. The summed E-state index contributed by atoms with van der Waals surface area (Å²) in [6, 6.07) is 3.48. The van der Waals surface area contributed by atoms with Crippen LogP contribution in [0.3, 0.4) is 0 Å². The lowest BCUT2D eigenvalue weighted by Gasteiger charge is -2.18. The Balaban J connectivity index is 2.13. The second-order valence-corrected chi connectivity index (χ2v) is 9.39. The highest BCUT2D eigenvalue weighted by atomic mass is 32.2. The fourth-order valence-electron chi connectivity index (χ4n) is 3.33. The van der Waals surface area contributed by atoms with Gasteiger partial charge < -0.3 is 9.84 Å². The SMILES string of the molecule is COCc1ccc(C(=O)c2cnn(C)c2O)c(C)c1N=S1(=O)CCCCC1. The maximum absolute atomic E-state index is 13.1. The van der Waals surface area contributed by atoms with E-state index < -0.39 is 9.73 Å². The van der Waals surface area contributed by atoms with Gasteiger partial charge in [0.25, 0.3) is 0 Å². The largest absolute Gasteiger partial charge is 0.493 e. The highest BCUT2D eigenvalue weighted by Crippen LogP contribution is 2.33. The Morgan fingerprint density at radius 2 is 2.00 bits per heavy atom. The van der Waals surface area contributed by atoms with Crippen molar-refractivity contribution in [2.75, 3.05) is 18.6 Å². The van der Waals surface area contributed by atoms with Crippen LogP contribution in [0.5, 0.6) is 5.88 Å². The Labute approximate surface area is 159 Å². The van der Waals surface area contributed by atoms with Crippen LogP contribution in [0.25, 0.3) is 0 Å². The molecular weight excluding hydrogens is 366 g/mol. The minimum atomic E-state index is -2.33. The lowest BCUT2D eigenvalue weighted by atomic mass is 9.97. The van der Waals surface area contributed by atoms with E-state index in [4.69, 9.17) is 4.74 Å². The van der Waals surface area contributed by atoms with Gasteiger partial charge in [-0.2, -0.15) is 9.46 Å². The van der Waals surface area contributed by atoms with Gasteiger partial charge in [0.1, 0.15) is 5.56 Å². The number of aryl methyl sites for hydroxylation is 1. The highest BCUT2D eigenvalue weighted by Gasteiger charge is 2.23. The van der Waals surface area contributed by atoms with Crippen LogP contribution in [0.4, 0.5) is 5.69 Å². The summed E-state index contributed by atoms with van der Waals surface area (Å²) in [4.78, 5) is 12.9. The van der Waals surface area contributed by atoms with E-state index in [1.54, 1.807) is 33.2 Å². The number of aromatic hydroxyl groups is 1. The third-order valence-electron chi connectivity index (χ3n) is 4.90. The third kappa shape index (κ3) is 3.91. The van der Waals surface area contributed by atoms with Gasteiger partial charge in [-0.3, -0.25) is 4.79 Å². The maximum Gasteiger partial charge on any atom is 0.220 e. The number of methoxy groups -OCH3 is 1. The van der Waals surface area contributed by atoms with E-state index in [-0.39, 0.29) is 17.2 Å². The van der Waals surface area contributed by atoms with E-state index in [1.165, 1.54) is 10.9 Å². The van der Waals surface area contributed by atoms with Gasteiger partial charge in [0.05, 0.1) is 28.2 Å². The second-order valence-electron chi connectivity index (χ2n) is 6.85. The molecule has 0 saturated carbocycles. The Hall–Kier alpha value is -2.19. The molecule has 0 atom stereocenters. The molecule has 1 N–H and O–H groups in total. The quantitative estimate of drug-likeness (QED) is 0.791. The molecule has 8 heteroatoms. The van der Waals surface area contributed by atoms with Crippen molar-refractivity contribution in [3.05, 3.63) is 40.6 Å². The van der Waals surface area contributed by atoms with Gasteiger partial charge in [-0.15, -0.1) is 0 Å². The molecule has 0 spiro atoms. The number of hydrogen-bond donors (Lipinski definition) is 1. The van der Waals surface area contributed by atoms with Crippen molar-refractivity contribution in [2.45, 2.75) is 32.8 Å². The van der Waals surface area contributed by atoms with Gasteiger partial charge >= 0.3 is 0 Å². The number of nitrogens with zero attached hydrogens (tertiary/aromatic N) is 3. The van der Waals surface area contributed by atoms with Crippen molar-refractivity contribution < 1.29 is 18.8 Å². The summed E-state index contributed by atoms with van der Waals surface area (Å²) in [5.74, 6) is 0.648. The summed E-state index contributed by atoms with van der Waals surface area (Å²) in [5.41, 5.74) is 2.56. The standard InChI is InChI=1S/C19H25N3O4S/c1-13-15(18(23)16-11-20-22(2)19(16)24)8-7-14(12-26-3)17(13)21-27(25)9-5-4-6-10-27/h7-8,11,24H,4-6,9-10,12H2,1-3H3. The second kappa shape index (κ2) is 7.82. The van der Waals surface area contributed by atoms with Crippen LogP contribution in [-0.4, -0.2) is 43.5 Å². The molecule has 1 fully saturated rings. The van der Waals surface area contributed by atoms with Crippen LogP contribution in [0, 0.1) is 6.92 Å². The summed E-state index contributed by atoms with van der Waals surface area (Å²) in [6.45, 7) is 2.12. The zero-order valence-corrected chi connectivity index (χ0v) is 16.7. The van der Waals surface area contributed by atoms with Crippen molar-refractivity contribution in [3.8, 4) is 5.88 Å². The first kappa shape index (κ1) is 19.6. The van der Waals surface area contributed by atoms with Crippen molar-refractivity contribution in [1.82, 2.24) is 9.78 Å². The van der Waals surface area contributed by atoms with Gasteiger partial charge in [-0.1, -0.05) is 18.6 Å². The van der Waals surface area contributed by atoms with Crippen LogP contribution in [-0.2, 0) is 28.1 Å². The Morgan fingerprint density at radius 1 is 1.30 bits per heavy atom. The zero-order valence-electron chi connectivity index (χ0n) is 15.9. The maximum atomic E-state index is 13.1. The molecule has 1 aromatic heterocycles. The fraction of sp³-hybridized carbons (Fsp3) is 0.474. The van der Waals surface area contributed by atoms with Gasteiger partial charge in [0.2, 0.25) is 5.88 Å². The van der Waals surface area contributed by atoms with E-state index in [9.17, 15) is 14.1 Å². The molecule has 2 aromatic rings. The van der Waals surface area contributed by atoms with E-state index in [0.717, 1.165) is 24.8 Å². The number of aromatic nitrogens is 2. The first-order valence-corrected chi connectivity index (χ1v) is 10.8. The van der Waals surface area contributed by atoms with Crippen LogP contribution in [0.2, 0.25) is 0 Å². The lowest BCUT2D eigenvalue weighted by molar-refractivity contribution is 0.103. The van der Waals surface area contributed by atoms with Crippen molar-refractivity contribution in [3.63, 3.8) is 0 Å². The molecule has 2 heterocycles. The molecule has 0 bridgehead atoms. The fourth-order valence-corrected chi connectivity index (χ4v) is 5.61. The Morgan fingerprint density at radius 3 is 2.59 bits per heavy atom. The molecule has 0 unspecified atom stereocenters. The number of carbonyl (C=O) groups excluding carboxylic acids is 1. The van der Waals surface area contributed by atoms with E-state index in [2.05, 4.69) is 9.46 Å². The predicted octanol–water partition coefficient (Wildman–Crippen LogP) is 3.09. The highest BCUT2D eigenvalue weighted by molar-refractivity contribution is 7.93. The van der Waals surface area contributed by atoms with Gasteiger partial charge in [0.15, 0.2) is 5.78 Å². The summed E-state index contributed by atoms with van der Waals surface area (Å²) >= 11 is 0. The molecule has 146 valence electrons. The first-order chi connectivity index (χ1) is 12.9. The van der Waals surface area contributed by atoms with E-state index in [0.29, 0.717) is 34.9 Å². The summed E-state index contributed by atoms with van der Waals surface area (Å²) < 4.78 is 24.3. The number of ether oxygens (including phenoxy) is 1. The topological polar surface area (TPSA) is 93.8 Å². The molecule has 1 aliphatic rings. The minimum Gasteiger partial charge on any atom is -0.493 e. The van der Waals surface area contributed by atoms with Crippen molar-refractivity contribution >= 4 is 21.2 Å². The van der Waals surface area contributed by atoms with Crippen LogP contribution in [0.1, 0.15) is 46.3 Å². The molecule has 0 aliphatic carbocycles. The number of ketones is 1. The summed E-state index contributed by atoms with van der Waals surface area (Å²) in [6.07, 6.45) is 4.24. The van der Waals surface area contributed by atoms with Crippen molar-refractivity contribution in [1.29, 1.82) is 0 Å². The van der Waals surface area contributed by atoms with E-state index in [1.807, 2.05) is 0 Å². The van der Waals surface area contributed by atoms with Gasteiger partial charge in [0, 0.05) is 36.8 Å². The number of carbonyl (C=O) groups is 1. The molecule has 7 nitrogen and oxygen atoms in total. The monoisotopic (exact) mass is 391 g/mol. The van der Waals surface area contributed by atoms with Gasteiger partial charge in [-0.25, -0.2) is 8.89 Å². The molecule has 1 aromatic carbocycles. The van der Waals surface area contributed by atoms with Crippen LogP contribution >= 0.6 is 0 Å². The average Bonchev–Trinajstić information content (AvgIpc) is 2.97. The predicted molar refractivity (Wildman–Crippen MR) is 104 cm³/mol.